The summed E-state index contributed by atoms with van der Waals surface area (Å²) in [5, 5.41) is 4.10. The summed E-state index contributed by atoms with van der Waals surface area (Å²) in [6, 6.07) is 6.86. The van der Waals surface area contributed by atoms with Gasteiger partial charge in [-0.25, -0.2) is 9.67 Å². The third-order valence-corrected chi connectivity index (χ3v) is 5.10. The van der Waals surface area contributed by atoms with Gasteiger partial charge in [-0.15, -0.1) is 0 Å². The quantitative estimate of drug-likeness (QED) is 0.686. The zero-order chi connectivity index (χ0) is 19.5. The summed E-state index contributed by atoms with van der Waals surface area (Å²) >= 11 is 0. The van der Waals surface area contributed by atoms with Crippen LogP contribution in [0.15, 0.2) is 53.8 Å². The number of nitrogens with zero attached hydrogens (tertiary/aromatic N) is 6. The molecule has 0 aromatic carbocycles. The lowest BCUT2D eigenvalue weighted by Gasteiger charge is -2.32. The van der Waals surface area contributed by atoms with E-state index in [9.17, 15) is 9.59 Å². The van der Waals surface area contributed by atoms with Crippen LogP contribution in [0.1, 0.15) is 40.6 Å². The number of piperidine rings is 1. The minimum absolute atomic E-state index is 0.146. The van der Waals surface area contributed by atoms with E-state index >= 15 is 0 Å². The molecular formula is C20H22N6O2. The SMILES string of the molecule is Cn1nc(C(=O)N2CCC[C@H](c3nccn3Cc3ccncc3)C2)ccc1=O. The molecule has 1 aliphatic rings. The highest BCUT2D eigenvalue weighted by Gasteiger charge is 2.28. The first-order valence-electron chi connectivity index (χ1n) is 9.35. The number of amides is 1. The Balaban J connectivity index is 1.51. The molecule has 1 amide bonds. The average Bonchev–Trinajstić information content (AvgIpc) is 3.18. The van der Waals surface area contributed by atoms with E-state index < -0.39 is 0 Å². The van der Waals surface area contributed by atoms with Gasteiger partial charge in [-0.2, -0.15) is 5.10 Å². The Morgan fingerprint density at radius 1 is 1.18 bits per heavy atom. The van der Waals surface area contributed by atoms with Crippen molar-refractivity contribution in [2.24, 2.45) is 7.05 Å². The Morgan fingerprint density at radius 2 is 2.00 bits per heavy atom. The molecule has 144 valence electrons. The third kappa shape index (κ3) is 3.71. The van der Waals surface area contributed by atoms with Gasteiger partial charge in [-0.05, 0) is 36.6 Å². The summed E-state index contributed by atoms with van der Waals surface area (Å²) < 4.78 is 3.33. The maximum absolute atomic E-state index is 12.9. The fourth-order valence-corrected chi connectivity index (χ4v) is 3.65. The first-order valence-corrected chi connectivity index (χ1v) is 9.35. The van der Waals surface area contributed by atoms with Crippen molar-refractivity contribution in [3.05, 3.63) is 76.5 Å². The second-order valence-corrected chi connectivity index (χ2v) is 7.04. The molecule has 0 aliphatic carbocycles. The highest BCUT2D eigenvalue weighted by Crippen LogP contribution is 2.27. The molecule has 8 nitrogen and oxygen atoms in total. The van der Waals surface area contributed by atoms with Crippen molar-refractivity contribution in [2.45, 2.75) is 25.3 Å². The first-order chi connectivity index (χ1) is 13.6. The molecule has 1 fully saturated rings. The topological polar surface area (TPSA) is 85.9 Å². The molecule has 0 saturated carbocycles. The number of carbonyl (C=O) groups is 1. The van der Waals surface area contributed by atoms with Crippen LogP contribution in [0.5, 0.6) is 0 Å². The van der Waals surface area contributed by atoms with Gasteiger partial charge < -0.3 is 9.47 Å². The Morgan fingerprint density at radius 3 is 2.79 bits per heavy atom. The van der Waals surface area contributed by atoms with Crippen LogP contribution in [0.25, 0.3) is 0 Å². The number of hydrogen-bond acceptors (Lipinski definition) is 5. The lowest BCUT2D eigenvalue weighted by molar-refractivity contribution is 0.0694. The van der Waals surface area contributed by atoms with Crippen molar-refractivity contribution >= 4 is 5.91 Å². The molecule has 0 N–H and O–H groups in total. The number of imidazole rings is 1. The number of pyridine rings is 1. The summed E-state index contributed by atoms with van der Waals surface area (Å²) in [6.07, 6.45) is 9.25. The van der Waals surface area contributed by atoms with Crippen LogP contribution in [-0.4, -0.2) is 48.2 Å². The van der Waals surface area contributed by atoms with E-state index in [0.29, 0.717) is 18.8 Å². The van der Waals surface area contributed by atoms with E-state index in [4.69, 9.17) is 0 Å². The Bertz CT molecular complexity index is 1030. The molecule has 0 unspecified atom stereocenters. The second kappa shape index (κ2) is 7.75. The minimum Gasteiger partial charge on any atom is -0.337 e. The fraction of sp³-hybridized carbons (Fsp3) is 0.350. The van der Waals surface area contributed by atoms with Gasteiger partial charge >= 0.3 is 0 Å². The zero-order valence-corrected chi connectivity index (χ0v) is 15.7. The molecule has 3 aromatic rings. The van der Waals surface area contributed by atoms with E-state index in [2.05, 4.69) is 19.6 Å². The third-order valence-electron chi connectivity index (χ3n) is 5.10. The molecule has 1 saturated heterocycles. The molecule has 1 atom stereocenters. The summed E-state index contributed by atoms with van der Waals surface area (Å²) in [5.74, 6) is 1.01. The average molecular weight is 378 g/mol. The van der Waals surface area contributed by atoms with Crippen LogP contribution in [0.2, 0.25) is 0 Å². The van der Waals surface area contributed by atoms with Crippen molar-refractivity contribution in [2.75, 3.05) is 13.1 Å². The number of rotatable bonds is 4. The highest BCUT2D eigenvalue weighted by molar-refractivity contribution is 5.92. The largest absolute Gasteiger partial charge is 0.337 e. The smallest absolute Gasteiger partial charge is 0.274 e. The number of aromatic nitrogens is 5. The van der Waals surface area contributed by atoms with Crippen molar-refractivity contribution in [1.29, 1.82) is 0 Å². The van der Waals surface area contributed by atoms with Crippen LogP contribution < -0.4 is 5.56 Å². The number of aryl methyl sites for hydroxylation is 1. The molecule has 8 heteroatoms. The van der Waals surface area contributed by atoms with Crippen LogP contribution >= 0.6 is 0 Å². The molecule has 1 aliphatic heterocycles. The molecular weight excluding hydrogens is 356 g/mol. The van der Waals surface area contributed by atoms with Crippen molar-refractivity contribution in [1.82, 2.24) is 29.2 Å². The van der Waals surface area contributed by atoms with E-state index in [1.165, 1.54) is 16.8 Å². The molecule has 4 rings (SSSR count). The van der Waals surface area contributed by atoms with Gasteiger partial charge in [0.05, 0.1) is 0 Å². The fourth-order valence-electron chi connectivity index (χ4n) is 3.65. The summed E-state index contributed by atoms with van der Waals surface area (Å²) in [4.78, 5) is 34.8. The zero-order valence-electron chi connectivity index (χ0n) is 15.7. The maximum Gasteiger partial charge on any atom is 0.274 e. The van der Waals surface area contributed by atoms with E-state index in [-0.39, 0.29) is 17.4 Å². The van der Waals surface area contributed by atoms with Gasteiger partial charge in [0.1, 0.15) is 11.5 Å². The van der Waals surface area contributed by atoms with Gasteiger partial charge in [0, 0.05) is 63.5 Å². The van der Waals surface area contributed by atoms with Gasteiger partial charge in [-0.3, -0.25) is 14.6 Å². The Hall–Kier alpha value is -3.29. The van der Waals surface area contributed by atoms with Crippen LogP contribution in [0.4, 0.5) is 0 Å². The van der Waals surface area contributed by atoms with Crippen molar-refractivity contribution in [3.63, 3.8) is 0 Å². The Labute approximate surface area is 162 Å². The number of carbonyl (C=O) groups excluding carboxylic acids is 1. The predicted molar refractivity (Wildman–Crippen MR) is 103 cm³/mol. The van der Waals surface area contributed by atoms with Gasteiger partial charge in [0.2, 0.25) is 0 Å². The summed E-state index contributed by atoms with van der Waals surface area (Å²) in [5.41, 5.74) is 1.22. The number of likely N-dealkylation sites (tertiary alicyclic amines) is 1. The first kappa shape index (κ1) is 18.1. The van der Waals surface area contributed by atoms with Gasteiger partial charge in [0.15, 0.2) is 0 Å². The summed E-state index contributed by atoms with van der Waals surface area (Å²) in [7, 11) is 1.55. The van der Waals surface area contributed by atoms with E-state index in [1.807, 2.05) is 29.4 Å². The Kier molecular flexibility index (Phi) is 5.01. The van der Waals surface area contributed by atoms with Crippen molar-refractivity contribution in [3.8, 4) is 0 Å². The lowest BCUT2D eigenvalue weighted by atomic mass is 9.96. The second-order valence-electron chi connectivity index (χ2n) is 7.04. The van der Waals surface area contributed by atoms with Crippen LogP contribution in [0, 0.1) is 0 Å². The van der Waals surface area contributed by atoms with Gasteiger partial charge in [-0.1, -0.05) is 0 Å². The van der Waals surface area contributed by atoms with Crippen LogP contribution in [0.3, 0.4) is 0 Å². The normalized spacial score (nSPS) is 16.9. The molecule has 4 heterocycles. The van der Waals surface area contributed by atoms with Crippen LogP contribution in [-0.2, 0) is 13.6 Å². The predicted octanol–water partition coefficient (Wildman–Crippen LogP) is 1.44. The van der Waals surface area contributed by atoms with E-state index in [0.717, 1.165) is 30.8 Å². The molecule has 0 bridgehead atoms. The summed E-state index contributed by atoms with van der Waals surface area (Å²) in [6.45, 7) is 2.01. The molecule has 28 heavy (non-hydrogen) atoms. The standard InChI is InChI=1S/C20H22N6O2/c1-24-18(27)5-4-17(23-24)20(28)26-11-2-3-16(14-26)19-22-10-12-25(19)13-15-6-8-21-9-7-15/h4-10,12,16H,2-3,11,13-14H2,1H3/t16-/m0/s1. The van der Waals surface area contributed by atoms with E-state index in [1.54, 1.807) is 19.4 Å². The number of hydrogen-bond donors (Lipinski definition) is 0. The van der Waals surface area contributed by atoms with Crippen molar-refractivity contribution < 1.29 is 4.79 Å². The minimum atomic E-state index is -0.230. The monoisotopic (exact) mass is 378 g/mol. The maximum atomic E-state index is 12.9. The highest BCUT2D eigenvalue weighted by atomic mass is 16.2. The lowest BCUT2D eigenvalue weighted by Crippen LogP contribution is -2.40. The molecule has 3 aromatic heterocycles. The molecule has 0 spiro atoms. The van der Waals surface area contributed by atoms with Gasteiger partial charge in [0.25, 0.3) is 11.5 Å². The molecule has 0 radical (unpaired) electrons.